The molecule has 4 nitrogen and oxygen atoms in total. The molecule has 18 heavy (non-hydrogen) atoms. The molecule has 0 saturated carbocycles. The lowest BCUT2D eigenvalue weighted by atomic mass is 10.0. The van der Waals surface area contributed by atoms with Crippen LogP contribution >= 0.6 is 23.4 Å². The molecule has 6 heteroatoms. The highest BCUT2D eigenvalue weighted by molar-refractivity contribution is 8.13. The van der Waals surface area contributed by atoms with Crippen molar-refractivity contribution < 1.29 is 15.0 Å². The highest BCUT2D eigenvalue weighted by Gasteiger charge is 2.19. The lowest BCUT2D eigenvalue weighted by Crippen LogP contribution is -2.19. The van der Waals surface area contributed by atoms with Crippen LogP contribution in [-0.2, 0) is 4.79 Å². The second kappa shape index (κ2) is 7.09. The number of pyridine rings is 1. The van der Waals surface area contributed by atoms with Gasteiger partial charge in [0, 0.05) is 24.4 Å². The minimum Gasteiger partial charge on any atom is -0.390 e. The highest BCUT2D eigenvalue weighted by atomic mass is 35.5. The average Bonchev–Trinajstić information content (AvgIpc) is 2.31. The molecule has 1 aromatic heterocycles. The maximum Gasteiger partial charge on any atom is 0.185 e. The Morgan fingerprint density at radius 2 is 2.22 bits per heavy atom. The van der Waals surface area contributed by atoms with E-state index in [-0.39, 0.29) is 5.12 Å². The maximum absolute atomic E-state index is 10.7. The Kier molecular flexibility index (Phi) is 6.08. The van der Waals surface area contributed by atoms with Gasteiger partial charge in [-0.25, -0.2) is 4.98 Å². The Morgan fingerprint density at radius 1 is 1.56 bits per heavy atom. The fourth-order valence-corrected chi connectivity index (χ4v) is 2.20. The maximum atomic E-state index is 10.7. The summed E-state index contributed by atoms with van der Waals surface area (Å²) in [6.07, 6.45) is -0.144. The quantitative estimate of drug-likeness (QED) is 0.813. The number of aliphatic hydroxyl groups excluding tert-OH is 2. The molecule has 0 saturated heterocycles. The Labute approximate surface area is 115 Å². The molecule has 0 aliphatic carbocycles. The van der Waals surface area contributed by atoms with Crippen molar-refractivity contribution in [3.8, 4) is 0 Å². The van der Waals surface area contributed by atoms with Crippen molar-refractivity contribution in [3.05, 3.63) is 28.5 Å². The molecule has 2 N–H and O–H groups in total. The van der Waals surface area contributed by atoms with E-state index in [1.54, 1.807) is 13.0 Å². The third kappa shape index (κ3) is 4.57. The summed E-state index contributed by atoms with van der Waals surface area (Å²) in [5.74, 6) is 0.480. The summed E-state index contributed by atoms with van der Waals surface area (Å²) >= 11 is 6.92. The molecule has 1 heterocycles. The summed E-state index contributed by atoms with van der Waals surface area (Å²) < 4.78 is 0. The van der Waals surface area contributed by atoms with E-state index >= 15 is 0 Å². The zero-order chi connectivity index (χ0) is 13.7. The van der Waals surface area contributed by atoms with Crippen LogP contribution in [-0.4, -0.2) is 32.2 Å². The predicted molar refractivity (Wildman–Crippen MR) is 72.7 cm³/mol. The Balaban J connectivity index is 2.59. The first-order valence-corrected chi connectivity index (χ1v) is 6.89. The molecule has 0 radical (unpaired) electrons. The first kappa shape index (κ1) is 15.4. The molecule has 2 unspecified atom stereocenters. The number of rotatable bonds is 5. The molecule has 0 amide bonds. The van der Waals surface area contributed by atoms with Crippen molar-refractivity contribution >= 4 is 28.5 Å². The van der Waals surface area contributed by atoms with Crippen LogP contribution in [0.5, 0.6) is 0 Å². The molecule has 0 aromatic carbocycles. The van der Waals surface area contributed by atoms with E-state index in [0.717, 1.165) is 17.3 Å². The number of halogens is 1. The summed E-state index contributed by atoms with van der Waals surface area (Å²) in [7, 11) is 0. The second-order valence-corrected chi connectivity index (χ2v) is 5.65. The van der Waals surface area contributed by atoms with Gasteiger partial charge in [0.05, 0.1) is 6.10 Å². The fourth-order valence-electron chi connectivity index (χ4n) is 1.45. The number of hydrogen-bond donors (Lipinski definition) is 2. The Morgan fingerprint density at radius 3 is 2.78 bits per heavy atom. The first-order chi connectivity index (χ1) is 8.41. The summed E-state index contributed by atoms with van der Waals surface area (Å²) in [5, 5.41) is 20.1. The summed E-state index contributed by atoms with van der Waals surface area (Å²) in [6, 6.07) is 1.70. The van der Waals surface area contributed by atoms with E-state index < -0.39 is 12.2 Å². The fraction of sp³-hybridized carbons (Fsp3) is 0.500. The molecule has 0 fully saturated rings. The van der Waals surface area contributed by atoms with Gasteiger partial charge in [-0.05, 0) is 25.0 Å². The average molecular weight is 290 g/mol. The van der Waals surface area contributed by atoms with Crippen molar-refractivity contribution in [2.75, 3.05) is 5.75 Å². The van der Waals surface area contributed by atoms with Crippen molar-refractivity contribution in [1.29, 1.82) is 0 Å². The highest BCUT2D eigenvalue weighted by Crippen LogP contribution is 2.23. The third-order valence-corrected chi connectivity index (χ3v) is 3.70. The van der Waals surface area contributed by atoms with Gasteiger partial charge in [0.1, 0.15) is 11.3 Å². The van der Waals surface area contributed by atoms with Crippen molar-refractivity contribution in [1.82, 2.24) is 4.98 Å². The normalized spacial score (nSPS) is 14.3. The standard InChI is InChI=1S/C12H16ClNO3S/c1-7-5-9(6-14-12(7)13)11(17)10(16)3-4-18-8(2)15/h5-6,10-11,16-17H,3-4H2,1-2H3. The van der Waals surface area contributed by atoms with Gasteiger partial charge in [0.15, 0.2) is 5.12 Å². The first-order valence-electron chi connectivity index (χ1n) is 5.53. The lowest BCUT2D eigenvalue weighted by Gasteiger charge is -2.18. The number of carbonyl (C=O) groups excluding carboxylic acids is 1. The number of aliphatic hydroxyl groups is 2. The monoisotopic (exact) mass is 289 g/mol. The number of aryl methyl sites for hydroxylation is 1. The molecule has 0 aliphatic heterocycles. The lowest BCUT2D eigenvalue weighted by molar-refractivity contribution is -0.109. The van der Waals surface area contributed by atoms with E-state index in [2.05, 4.69) is 4.98 Å². The van der Waals surface area contributed by atoms with Crippen LogP contribution in [0.25, 0.3) is 0 Å². The molecule has 0 aliphatic rings. The van der Waals surface area contributed by atoms with Gasteiger partial charge in [-0.15, -0.1) is 0 Å². The molecule has 1 rings (SSSR count). The zero-order valence-corrected chi connectivity index (χ0v) is 11.8. The van der Waals surface area contributed by atoms with E-state index in [0.29, 0.717) is 22.9 Å². The molecule has 100 valence electrons. The number of aromatic nitrogens is 1. The SMILES string of the molecule is CC(=O)SCCC(O)C(O)c1cnc(Cl)c(C)c1. The van der Waals surface area contributed by atoms with E-state index in [1.807, 2.05) is 0 Å². The van der Waals surface area contributed by atoms with Gasteiger partial charge in [-0.3, -0.25) is 4.79 Å². The van der Waals surface area contributed by atoms with Gasteiger partial charge < -0.3 is 10.2 Å². The second-order valence-electron chi connectivity index (χ2n) is 4.02. The van der Waals surface area contributed by atoms with Gasteiger partial charge in [-0.1, -0.05) is 23.4 Å². The van der Waals surface area contributed by atoms with Crippen LogP contribution in [0.2, 0.25) is 5.15 Å². The summed E-state index contributed by atoms with van der Waals surface area (Å²) in [4.78, 5) is 14.7. The third-order valence-electron chi connectivity index (χ3n) is 2.46. The van der Waals surface area contributed by atoms with Gasteiger partial charge in [-0.2, -0.15) is 0 Å². The van der Waals surface area contributed by atoms with E-state index in [1.165, 1.54) is 13.1 Å². The van der Waals surface area contributed by atoms with Crippen LogP contribution in [0, 0.1) is 6.92 Å². The van der Waals surface area contributed by atoms with Gasteiger partial charge in [0.25, 0.3) is 0 Å². The molecular weight excluding hydrogens is 274 g/mol. The van der Waals surface area contributed by atoms with Gasteiger partial charge in [0.2, 0.25) is 0 Å². The van der Waals surface area contributed by atoms with E-state index in [9.17, 15) is 15.0 Å². The number of thioether (sulfide) groups is 1. The van der Waals surface area contributed by atoms with Crippen LogP contribution in [0.15, 0.2) is 12.3 Å². The van der Waals surface area contributed by atoms with Crippen LogP contribution in [0.3, 0.4) is 0 Å². The van der Waals surface area contributed by atoms with Crippen LogP contribution in [0.4, 0.5) is 0 Å². The minimum absolute atomic E-state index is 0.000642. The van der Waals surface area contributed by atoms with Gasteiger partial charge >= 0.3 is 0 Å². The molecule has 1 aromatic rings. The van der Waals surface area contributed by atoms with Crippen LogP contribution in [0.1, 0.15) is 30.6 Å². The van der Waals surface area contributed by atoms with Crippen molar-refractivity contribution in [2.24, 2.45) is 0 Å². The molecular formula is C12H16ClNO3S. The largest absolute Gasteiger partial charge is 0.390 e. The summed E-state index contributed by atoms with van der Waals surface area (Å²) in [6.45, 7) is 3.25. The van der Waals surface area contributed by atoms with Crippen molar-refractivity contribution in [2.45, 2.75) is 32.5 Å². The minimum atomic E-state index is -1.01. The topological polar surface area (TPSA) is 70.4 Å². The van der Waals surface area contributed by atoms with E-state index in [4.69, 9.17) is 11.6 Å². The smallest absolute Gasteiger partial charge is 0.185 e. The number of carbonyl (C=O) groups is 1. The molecule has 0 spiro atoms. The van der Waals surface area contributed by atoms with Crippen molar-refractivity contribution in [3.63, 3.8) is 0 Å². The number of nitrogens with zero attached hydrogens (tertiary/aromatic N) is 1. The molecule has 0 bridgehead atoms. The number of hydrogen-bond acceptors (Lipinski definition) is 5. The molecule has 2 atom stereocenters. The van der Waals surface area contributed by atoms with Crippen LogP contribution < -0.4 is 0 Å². The Hall–Kier alpha value is -0.620. The predicted octanol–water partition coefficient (Wildman–Crippen LogP) is 2.11. The zero-order valence-electron chi connectivity index (χ0n) is 10.3. The Bertz CT molecular complexity index is 428. The summed E-state index contributed by atoms with van der Waals surface area (Å²) in [5.41, 5.74) is 1.27.